The maximum absolute atomic E-state index is 10.9. The maximum Gasteiger partial charge on any atom is 0.510 e. The Morgan fingerprint density at radius 3 is 2.44 bits per heavy atom. The molecule has 0 aromatic carbocycles. The van der Waals surface area contributed by atoms with Gasteiger partial charge in [0.05, 0.1) is 12.2 Å². The Morgan fingerprint density at radius 1 is 1.19 bits per heavy atom. The summed E-state index contributed by atoms with van der Waals surface area (Å²) in [6.07, 6.45) is 0.892. The molecule has 0 N–H and O–H groups in total. The molecule has 0 saturated carbocycles. The zero-order valence-electron chi connectivity index (χ0n) is 10.6. The number of carbonyl (C=O) groups is 1. The summed E-state index contributed by atoms with van der Waals surface area (Å²) in [4.78, 5) is 10.9. The van der Waals surface area contributed by atoms with Crippen LogP contribution in [-0.4, -0.2) is 38.9 Å². The average Bonchev–Trinajstić information content (AvgIpc) is 2.23. The van der Waals surface area contributed by atoms with E-state index in [1.807, 2.05) is 13.8 Å². The van der Waals surface area contributed by atoms with Crippen LogP contribution in [0.3, 0.4) is 0 Å². The van der Waals surface area contributed by atoms with Crippen LogP contribution >= 0.6 is 0 Å². The molecule has 0 rings (SSSR count). The molecule has 0 radical (unpaired) electrons. The molecule has 5 nitrogen and oxygen atoms in total. The Hall–Kier alpha value is -0.810. The van der Waals surface area contributed by atoms with E-state index in [2.05, 4.69) is 16.4 Å². The molecular formula is C11H22O5. The first-order chi connectivity index (χ1) is 7.52. The van der Waals surface area contributed by atoms with E-state index in [4.69, 9.17) is 9.47 Å². The second-order valence-corrected chi connectivity index (χ2v) is 4.01. The Bertz CT molecular complexity index is 191. The van der Waals surface area contributed by atoms with Gasteiger partial charge in [0.15, 0.2) is 6.79 Å². The number of hydrogen-bond acceptors (Lipinski definition) is 5. The van der Waals surface area contributed by atoms with Gasteiger partial charge in [0.2, 0.25) is 0 Å². The van der Waals surface area contributed by atoms with Crippen molar-refractivity contribution in [2.75, 3.05) is 27.1 Å². The van der Waals surface area contributed by atoms with Gasteiger partial charge in [-0.3, -0.25) is 0 Å². The molecule has 0 aliphatic rings. The van der Waals surface area contributed by atoms with E-state index in [9.17, 15) is 4.79 Å². The normalized spacial score (nSPS) is 11.2. The van der Waals surface area contributed by atoms with Crippen LogP contribution in [0.2, 0.25) is 0 Å². The van der Waals surface area contributed by atoms with Crippen molar-refractivity contribution in [3.05, 3.63) is 0 Å². The second kappa shape index (κ2) is 8.35. The molecular weight excluding hydrogens is 212 g/mol. The Kier molecular flexibility index (Phi) is 7.93. The predicted octanol–water partition coefficient (Wildman–Crippen LogP) is 2.34. The number of ether oxygens (including phenoxy) is 4. The third-order valence-corrected chi connectivity index (χ3v) is 1.92. The van der Waals surface area contributed by atoms with Crippen molar-refractivity contribution in [2.24, 2.45) is 0 Å². The molecule has 0 unspecified atom stereocenters. The quantitative estimate of drug-likeness (QED) is 0.476. The molecule has 16 heavy (non-hydrogen) atoms. The first-order valence-corrected chi connectivity index (χ1v) is 5.44. The van der Waals surface area contributed by atoms with Crippen molar-refractivity contribution in [1.82, 2.24) is 0 Å². The van der Waals surface area contributed by atoms with Crippen molar-refractivity contribution in [3.8, 4) is 0 Å². The van der Waals surface area contributed by atoms with Crippen LogP contribution in [0.4, 0.5) is 4.79 Å². The summed E-state index contributed by atoms with van der Waals surface area (Å²) in [5.74, 6) is 0. The highest BCUT2D eigenvalue weighted by molar-refractivity contribution is 5.59. The van der Waals surface area contributed by atoms with Crippen molar-refractivity contribution in [1.29, 1.82) is 0 Å². The van der Waals surface area contributed by atoms with Crippen LogP contribution in [0.5, 0.6) is 0 Å². The third-order valence-electron chi connectivity index (χ3n) is 1.92. The number of methoxy groups -OCH3 is 1. The zero-order valence-corrected chi connectivity index (χ0v) is 10.6. The van der Waals surface area contributed by atoms with Gasteiger partial charge in [-0.25, -0.2) is 4.79 Å². The first kappa shape index (κ1) is 15.2. The highest BCUT2D eigenvalue weighted by Gasteiger charge is 2.18. The van der Waals surface area contributed by atoms with Crippen LogP contribution in [0, 0.1) is 0 Å². The minimum Gasteiger partial charge on any atom is -0.434 e. The minimum absolute atomic E-state index is 0.0887. The van der Waals surface area contributed by atoms with E-state index in [1.54, 1.807) is 0 Å². The molecule has 0 aromatic heterocycles. The molecule has 0 aromatic rings. The molecule has 0 heterocycles. The van der Waals surface area contributed by atoms with E-state index in [0.29, 0.717) is 13.0 Å². The van der Waals surface area contributed by atoms with E-state index < -0.39 is 6.16 Å². The summed E-state index contributed by atoms with van der Waals surface area (Å²) >= 11 is 0. The maximum atomic E-state index is 10.9. The summed E-state index contributed by atoms with van der Waals surface area (Å²) in [5, 5.41) is 0. The van der Waals surface area contributed by atoms with Crippen molar-refractivity contribution < 1.29 is 23.7 Å². The smallest absolute Gasteiger partial charge is 0.434 e. The van der Waals surface area contributed by atoms with Crippen LogP contribution in [0.25, 0.3) is 0 Å². The highest BCUT2D eigenvalue weighted by atomic mass is 16.8. The van der Waals surface area contributed by atoms with Gasteiger partial charge in [-0.1, -0.05) is 6.92 Å². The van der Waals surface area contributed by atoms with E-state index in [0.717, 1.165) is 6.42 Å². The lowest BCUT2D eigenvalue weighted by molar-refractivity contribution is -0.0512. The molecule has 0 atom stereocenters. The lowest BCUT2D eigenvalue weighted by Crippen LogP contribution is -2.27. The Balaban J connectivity index is 3.59. The van der Waals surface area contributed by atoms with E-state index in [-0.39, 0.29) is 19.0 Å². The lowest BCUT2D eigenvalue weighted by Gasteiger charge is -2.24. The van der Waals surface area contributed by atoms with Gasteiger partial charge in [-0.2, -0.15) is 0 Å². The monoisotopic (exact) mass is 234 g/mol. The molecule has 0 aliphatic heterocycles. The van der Waals surface area contributed by atoms with Gasteiger partial charge in [0, 0.05) is 20.1 Å². The molecule has 0 bridgehead atoms. The first-order valence-electron chi connectivity index (χ1n) is 5.44. The largest absolute Gasteiger partial charge is 0.510 e. The van der Waals surface area contributed by atoms with Gasteiger partial charge in [0.25, 0.3) is 0 Å². The number of carbonyl (C=O) groups excluding carboxylic acids is 1. The average molecular weight is 234 g/mol. The fourth-order valence-corrected chi connectivity index (χ4v) is 0.979. The van der Waals surface area contributed by atoms with Gasteiger partial charge in [0.1, 0.15) is 0 Å². The van der Waals surface area contributed by atoms with Crippen molar-refractivity contribution in [3.63, 3.8) is 0 Å². The molecule has 0 saturated heterocycles. The summed E-state index contributed by atoms with van der Waals surface area (Å²) in [6.45, 7) is 6.88. The molecule has 0 spiro atoms. The molecule has 0 fully saturated rings. The van der Waals surface area contributed by atoms with Gasteiger partial charge in [-0.15, -0.1) is 0 Å². The van der Waals surface area contributed by atoms with Crippen LogP contribution < -0.4 is 0 Å². The Labute approximate surface area is 97.0 Å². The minimum atomic E-state index is -0.715. The van der Waals surface area contributed by atoms with Gasteiger partial charge < -0.3 is 18.9 Å². The third kappa shape index (κ3) is 8.49. The van der Waals surface area contributed by atoms with Gasteiger partial charge in [-0.05, 0) is 20.3 Å². The Morgan fingerprint density at radius 2 is 1.88 bits per heavy atom. The lowest BCUT2D eigenvalue weighted by atomic mass is 10.1. The predicted molar refractivity (Wildman–Crippen MR) is 59.2 cm³/mol. The van der Waals surface area contributed by atoms with Gasteiger partial charge >= 0.3 is 6.16 Å². The van der Waals surface area contributed by atoms with E-state index >= 15 is 0 Å². The summed E-state index contributed by atoms with van der Waals surface area (Å²) in [7, 11) is 1.44. The van der Waals surface area contributed by atoms with Crippen LogP contribution in [0.1, 0.15) is 33.6 Å². The SMILES string of the molecule is CCCOC(C)(C)CCOC(=O)OCOC. The topological polar surface area (TPSA) is 54.0 Å². The summed E-state index contributed by atoms with van der Waals surface area (Å²) < 4.78 is 19.6. The van der Waals surface area contributed by atoms with Crippen molar-refractivity contribution >= 4 is 6.16 Å². The fourth-order valence-electron chi connectivity index (χ4n) is 0.979. The molecule has 96 valence electrons. The zero-order chi connectivity index (χ0) is 12.4. The summed E-state index contributed by atoms with van der Waals surface area (Å²) in [5.41, 5.74) is -0.280. The molecule has 0 aliphatic carbocycles. The highest BCUT2D eigenvalue weighted by Crippen LogP contribution is 2.14. The fraction of sp³-hybridized carbons (Fsp3) is 0.909. The standard InChI is InChI=1S/C11H22O5/c1-5-7-16-11(2,3)6-8-14-10(12)15-9-13-4/h5-9H2,1-4H3. The number of rotatable bonds is 8. The number of hydrogen-bond donors (Lipinski definition) is 0. The summed E-state index contributed by atoms with van der Waals surface area (Å²) in [6, 6.07) is 0. The second-order valence-electron chi connectivity index (χ2n) is 4.01. The van der Waals surface area contributed by atoms with Crippen molar-refractivity contribution in [2.45, 2.75) is 39.2 Å². The molecule has 0 amide bonds. The van der Waals surface area contributed by atoms with E-state index in [1.165, 1.54) is 7.11 Å². The van der Waals surface area contributed by atoms with Crippen LogP contribution in [-0.2, 0) is 18.9 Å². The van der Waals surface area contributed by atoms with Crippen LogP contribution in [0.15, 0.2) is 0 Å². The molecule has 5 heteroatoms.